The van der Waals surface area contributed by atoms with Crippen molar-refractivity contribution in [3.8, 4) is 17.0 Å². The second-order valence-corrected chi connectivity index (χ2v) is 6.98. The van der Waals surface area contributed by atoms with E-state index in [4.69, 9.17) is 4.74 Å². The van der Waals surface area contributed by atoms with Crippen molar-refractivity contribution in [1.82, 2.24) is 20.1 Å². The maximum Gasteiger partial charge on any atom is 0.247 e. The molecule has 0 radical (unpaired) electrons. The Hall–Kier alpha value is -2.42. The molecule has 3 aromatic rings. The first kappa shape index (κ1) is 19.3. The zero-order valence-corrected chi connectivity index (χ0v) is 16.6. The molecule has 1 atom stereocenters. The van der Waals surface area contributed by atoms with E-state index in [1.54, 1.807) is 17.9 Å². The number of nitrogens with one attached hydrogen (secondary N) is 2. The van der Waals surface area contributed by atoms with Crippen LogP contribution in [0.15, 0.2) is 36.0 Å². The third-order valence-corrected chi connectivity index (χ3v) is 5.09. The van der Waals surface area contributed by atoms with Gasteiger partial charge in [0, 0.05) is 36.2 Å². The van der Waals surface area contributed by atoms with Crippen molar-refractivity contribution < 1.29 is 9.53 Å². The molecule has 1 amide bonds. The number of carbonyl (C=O) groups excluding carboxylic acids is 1. The maximum absolute atomic E-state index is 12.6. The lowest BCUT2D eigenvalue weighted by atomic mass is 10.1. The molecule has 0 bridgehead atoms. The fraction of sp³-hybridized carbons (Fsp3) is 0.278. The Morgan fingerprint density at radius 2 is 2.26 bits per heavy atom. The summed E-state index contributed by atoms with van der Waals surface area (Å²) in [5.41, 5.74) is 3.89. The van der Waals surface area contributed by atoms with Crippen LogP contribution in [0.1, 0.15) is 17.2 Å². The molecule has 27 heavy (non-hydrogen) atoms. The average Bonchev–Trinajstić information content (AvgIpc) is 3.36. The molecule has 1 aliphatic rings. The highest BCUT2D eigenvalue weighted by atomic mass is 35.5. The SMILES string of the molecule is CNC(C(=O)Nc1nc(-c2ccc3c(c2)CCO3)cs1)c1cnn(C)c1.Cl. The fourth-order valence-electron chi connectivity index (χ4n) is 3.03. The molecule has 1 aliphatic heterocycles. The van der Waals surface area contributed by atoms with E-state index in [0.717, 1.165) is 35.6 Å². The zero-order valence-electron chi connectivity index (χ0n) is 14.9. The van der Waals surface area contributed by atoms with Crippen LogP contribution in [0.25, 0.3) is 11.3 Å². The number of likely N-dealkylation sites (N-methyl/N-ethyl adjacent to an activating group) is 1. The highest BCUT2D eigenvalue weighted by Crippen LogP contribution is 2.32. The number of hydrogen-bond acceptors (Lipinski definition) is 6. The minimum Gasteiger partial charge on any atom is -0.493 e. The van der Waals surface area contributed by atoms with Crippen LogP contribution in [-0.4, -0.2) is 34.3 Å². The first-order valence-corrected chi connectivity index (χ1v) is 9.20. The Labute approximate surface area is 167 Å². The lowest BCUT2D eigenvalue weighted by Gasteiger charge is -2.13. The second-order valence-electron chi connectivity index (χ2n) is 6.12. The number of aryl methyl sites for hydroxylation is 1. The van der Waals surface area contributed by atoms with E-state index in [0.29, 0.717) is 5.13 Å². The number of hydrogen-bond donors (Lipinski definition) is 2. The maximum atomic E-state index is 12.6. The van der Waals surface area contributed by atoms with Crippen LogP contribution in [0.4, 0.5) is 5.13 Å². The van der Waals surface area contributed by atoms with Crippen molar-refractivity contribution >= 4 is 34.8 Å². The number of amides is 1. The molecule has 1 aromatic carbocycles. The predicted molar refractivity (Wildman–Crippen MR) is 108 cm³/mol. The molecule has 3 heterocycles. The quantitative estimate of drug-likeness (QED) is 0.682. The first-order chi connectivity index (χ1) is 12.6. The molecule has 1 unspecified atom stereocenters. The van der Waals surface area contributed by atoms with Crippen LogP contribution in [0, 0.1) is 0 Å². The lowest BCUT2D eigenvalue weighted by molar-refractivity contribution is -0.118. The summed E-state index contributed by atoms with van der Waals surface area (Å²) in [5, 5.41) is 12.5. The van der Waals surface area contributed by atoms with Crippen LogP contribution in [0.2, 0.25) is 0 Å². The number of benzene rings is 1. The molecule has 0 fully saturated rings. The van der Waals surface area contributed by atoms with E-state index in [1.165, 1.54) is 16.9 Å². The van der Waals surface area contributed by atoms with Crippen molar-refractivity contribution in [2.75, 3.05) is 19.0 Å². The molecule has 2 aromatic heterocycles. The molecule has 0 saturated heterocycles. The highest BCUT2D eigenvalue weighted by Gasteiger charge is 2.21. The van der Waals surface area contributed by atoms with Gasteiger partial charge in [0.25, 0.3) is 0 Å². The number of nitrogens with zero attached hydrogens (tertiary/aromatic N) is 3. The monoisotopic (exact) mass is 405 g/mol. The number of aromatic nitrogens is 3. The van der Waals surface area contributed by atoms with Gasteiger partial charge in [0.2, 0.25) is 5.91 Å². The summed E-state index contributed by atoms with van der Waals surface area (Å²) in [6.07, 6.45) is 4.42. The number of anilines is 1. The molecule has 2 N–H and O–H groups in total. The summed E-state index contributed by atoms with van der Waals surface area (Å²) in [6, 6.07) is 5.61. The fourth-order valence-corrected chi connectivity index (χ4v) is 3.75. The summed E-state index contributed by atoms with van der Waals surface area (Å²) in [5.74, 6) is 0.787. The zero-order chi connectivity index (χ0) is 18.1. The summed E-state index contributed by atoms with van der Waals surface area (Å²) >= 11 is 1.41. The van der Waals surface area contributed by atoms with Gasteiger partial charge in [-0.1, -0.05) is 0 Å². The molecule has 0 aliphatic carbocycles. The summed E-state index contributed by atoms with van der Waals surface area (Å²) < 4.78 is 7.21. The number of rotatable bonds is 5. The number of fused-ring (bicyclic) bond motifs is 1. The van der Waals surface area contributed by atoms with Gasteiger partial charge in [0.1, 0.15) is 11.8 Å². The van der Waals surface area contributed by atoms with Crippen molar-refractivity contribution in [2.24, 2.45) is 7.05 Å². The molecular weight excluding hydrogens is 386 g/mol. The van der Waals surface area contributed by atoms with Crippen LogP contribution in [-0.2, 0) is 18.3 Å². The number of thiazole rings is 1. The van der Waals surface area contributed by atoms with E-state index in [-0.39, 0.29) is 18.3 Å². The van der Waals surface area contributed by atoms with E-state index in [9.17, 15) is 4.79 Å². The molecule has 4 rings (SSSR count). The Kier molecular flexibility index (Phi) is 5.79. The Bertz CT molecular complexity index is 955. The van der Waals surface area contributed by atoms with Gasteiger partial charge in [-0.25, -0.2) is 4.98 Å². The minimum atomic E-state index is -0.479. The van der Waals surface area contributed by atoms with Gasteiger partial charge in [0.05, 0.1) is 18.5 Å². The molecular formula is C18H20ClN5O2S. The van der Waals surface area contributed by atoms with E-state index in [1.807, 2.05) is 30.8 Å². The van der Waals surface area contributed by atoms with Crippen molar-refractivity contribution in [2.45, 2.75) is 12.5 Å². The van der Waals surface area contributed by atoms with E-state index < -0.39 is 6.04 Å². The van der Waals surface area contributed by atoms with Crippen molar-refractivity contribution in [3.05, 3.63) is 47.1 Å². The summed E-state index contributed by atoms with van der Waals surface area (Å²) in [4.78, 5) is 17.2. The lowest BCUT2D eigenvalue weighted by Crippen LogP contribution is -2.30. The first-order valence-electron chi connectivity index (χ1n) is 8.32. The highest BCUT2D eigenvalue weighted by molar-refractivity contribution is 7.14. The number of halogens is 1. The third-order valence-electron chi connectivity index (χ3n) is 4.33. The molecule has 7 nitrogen and oxygen atoms in total. The number of ether oxygens (including phenoxy) is 1. The molecule has 142 valence electrons. The van der Waals surface area contributed by atoms with Crippen LogP contribution in [0.5, 0.6) is 5.75 Å². The van der Waals surface area contributed by atoms with Crippen LogP contribution in [0.3, 0.4) is 0 Å². The van der Waals surface area contributed by atoms with Gasteiger partial charge in [-0.05, 0) is 30.8 Å². The van der Waals surface area contributed by atoms with Crippen LogP contribution < -0.4 is 15.4 Å². The van der Waals surface area contributed by atoms with Crippen LogP contribution >= 0.6 is 23.7 Å². The smallest absolute Gasteiger partial charge is 0.247 e. The summed E-state index contributed by atoms with van der Waals surface area (Å²) in [7, 11) is 3.57. The summed E-state index contributed by atoms with van der Waals surface area (Å²) in [6.45, 7) is 0.733. The van der Waals surface area contributed by atoms with Gasteiger partial charge < -0.3 is 15.4 Å². The Morgan fingerprint density at radius 3 is 3.00 bits per heavy atom. The van der Waals surface area contributed by atoms with Gasteiger partial charge >= 0.3 is 0 Å². The van der Waals surface area contributed by atoms with E-state index >= 15 is 0 Å². The van der Waals surface area contributed by atoms with Crippen molar-refractivity contribution in [3.63, 3.8) is 0 Å². The molecule has 0 spiro atoms. The standard InChI is InChI=1S/C18H19N5O2S.ClH/c1-19-16(13-8-20-23(2)9-13)17(24)22-18-21-14(10-26-18)11-3-4-15-12(7-11)5-6-25-15;/h3-4,7-10,16,19H,5-6H2,1-2H3,(H,21,22,24);1H. The number of carbonyl (C=O) groups is 1. The van der Waals surface area contributed by atoms with E-state index in [2.05, 4.69) is 26.8 Å². The topological polar surface area (TPSA) is 81.1 Å². The van der Waals surface area contributed by atoms with Gasteiger partial charge in [0.15, 0.2) is 5.13 Å². The largest absolute Gasteiger partial charge is 0.493 e. The van der Waals surface area contributed by atoms with Crippen molar-refractivity contribution in [1.29, 1.82) is 0 Å². The van der Waals surface area contributed by atoms with Gasteiger partial charge in [-0.3, -0.25) is 9.48 Å². The predicted octanol–water partition coefficient (Wildman–Crippen LogP) is 2.80. The van der Waals surface area contributed by atoms with Gasteiger partial charge in [-0.15, -0.1) is 23.7 Å². The third kappa shape index (κ3) is 3.97. The van der Waals surface area contributed by atoms with Gasteiger partial charge in [-0.2, -0.15) is 5.10 Å². The molecule has 0 saturated carbocycles. The Morgan fingerprint density at radius 1 is 1.41 bits per heavy atom. The minimum absolute atomic E-state index is 0. The Balaban J connectivity index is 0.00000210. The molecule has 9 heteroatoms. The second kappa shape index (κ2) is 8.08. The normalized spacial score (nSPS) is 13.4. The average molecular weight is 406 g/mol.